The molecule has 0 saturated carbocycles. The molecule has 0 atom stereocenters. The summed E-state index contributed by atoms with van der Waals surface area (Å²) in [6.07, 6.45) is -0.846. The van der Waals surface area contributed by atoms with Crippen molar-refractivity contribution in [1.82, 2.24) is 5.16 Å². The second-order valence-corrected chi connectivity index (χ2v) is 10.1. The van der Waals surface area contributed by atoms with Gasteiger partial charge in [0, 0.05) is 23.9 Å². The van der Waals surface area contributed by atoms with Gasteiger partial charge in [0.15, 0.2) is 12.4 Å². The Kier molecular flexibility index (Phi) is 6.63. The van der Waals surface area contributed by atoms with Crippen LogP contribution in [0.25, 0.3) is 11.3 Å². The zero-order valence-electron chi connectivity index (χ0n) is 19.8. The van der Waals surface area contributed by atoms with E-state index in [1.807, 2.05) is 24.3 Å². The average molecular weight is 436 g/mol. The van der Waals surface area contributed by atoms with Gasteiger partial charge in [0.05, 0.1) is 0 Å². The second kappa shape index (κ2) is 9.07. The van der Waals surface area contributed by atoms with Crippen LogP contribution in [0.3, 0.4) is 0 Å². The van der Waals surface area contributed by atoms with E-state index in [0.717, 1.165) is 17.8 Å². The van der Waals surface area contributed by atoms with Crippen LogP contribution in [-0.2, 0) is 28.7 Å². The lowest BCUT2D eigenvalue weighted by Crippen LogP contribution is -2.17. The third-order valence-corrected chi connectivity index (χ3v) is 5.32. The second-order valence-electron chi connectivity index (χ2n) is 10.1. The highest BCUT2D eigenvalue weighted by atomic mass is 16.6. The van der Waals surface area contributed by atoms with Crippen molar-refractivity contribution < 1.29 is 14.1 Å². The summed E-state index contributed by atoms with van der Waals surface area (Å²) in [6, 6.07) is 16.6. The molecule has 170 valence electrons. The van der Waals surface area contributed by atoms with Gasteiger partial charge in [-0.1, -0.05) is 77.0 Å². The molecule has 1 aromatic heterocycles. The van der Waals surface area contributed by atoms with Crippen molar-refractivity contribution in [3.63, 3.8) is 0 Å². The van der Waals surface area contributed by atoms with E-state index in [1.54, 1.807) is 6.07 Å². The number of nitrogens with zero attached hydrogens (tertiary/aromatic N) is 1. The normalized spacial score (nSPS) is 11.9. The third kappa shape index (κ3) is 6.13. The van der Waals surface area contributed by atoms with Gasteiger partial charge in [-0.3, -0.25) is 0 Å². The highest BCUT2D eigenvalue weighted by Gasteiger charge is 2.20. The molecule has 6 heteroatoms. The van der Waals surface area contributed by atoms with Gasteiger partial charge in [0.2, 0.25) is 0 Å². The summed E-state index contributed by atoms with van der Waals surface area (Å²) < 4.78 is 9.91. The van der Waals surface area contributed by atoms with E-state index in [9.17, 15) is 4.79 Å². The van der Waals surface area contributed by atoms with Gasteiger partial charge in [0.1, 0.15) is 5.69 Å². The predicted octanol–water partition coefficient (Wildman–Crippen LogP) is 6.14. The van der Waals surface area contributed by atoms with Crippen molar-refractivity contribution in [2.24, 2.45) is 5.73 Å². The highest BCUT2D eigenvalue weighted by Crippen LogP contribution is 2.31. The molecule has 1 amide bonds. The van der Waals surface area contributed by atoms with E-state index in [1.165, 1.54) is 16.7 Å². The van der Waals surface area contributed by atoms with Gasteiger partial charge in [-0.25, -0.2) is 4.79 Å². The first kappa shape index (κ1) is 23.4. The monoisotopic (exact) mass is 435 g/mol. The molecule has 0 fully saturated rings. The first-order chi connectivity index (χ1) is 14.9. The molecule has 0 bridgehead atoms. The number of carbonyl (C=O) groups excluding carboxylic acids is 1. The van der Waals surface area contributed by atoms with Crippen LogP contribution in [-0.4, -0.2) is 11.2 Å². The minimum Gasteiger partial charge on any atom is -0.441 e. The first-order valence-electron chi connectivity index (χ1n) is 10.8. The van der Waals surface area contributed by atoms with Crippen molar-refractivity contribution >= 4 is 11.8 Å². The van der Waals surface area contributed by atoms with E-state index in [0.29, 0.717) is 11.5 Å². The van der Waals surface area contributed by atoms with Crippen molar-refractivity contribution in [2.45, 2.75) is 65.5 Å². The number of nitrogens with one attached hydrogen (secondary N) is 1. The maximum atomic E-state index is 10.7. The topological polar surface area (TPSA) is 90.4 Å². The Labute approximate surface area is 190 Å². The average Bonchev–Trinajstić information content (AvgIpc) is 3.19. The number of ether oxygens (including phenoxy) is 1. The fourth-order valence-electron chi connectivity index (χ4n) is 3.28. The van der Waals surface area contributed by atoms with E-state index in [2.05, 4.69) is 70.2 Å². The lowest BCUT2D eigenvalue weighted by molar-refractivity contribution is 0.137. The van der Waals surface area contributed by atoms with Gasteiger partial charge in [-0.05, 0) is 39.7 Å². The van der Waals surface area contributed by atoms with Gasteiger partial charge < -0.3 is 20.3 Å². The lowest BCUT2D eigenvalue weighted by atomic mass is 9.79. The van der Waals surface area contributed by atoms with Crippen LogP contribution in [0, 0.1) is 0 Å². The molecule has 2 aromatic carbocycles. The molecule has 0 aliphatic heterocycles. The van der Waals surface area contributed by atoms with E-state index < -0.39 is 6.09 Å². The van der Waals surface area contributed by atoms with Crippen LogP contribution in [0.4, 0.5) is 10.5 Å². The molecule has 6 nitrogen and oxygen atoms in total. The SMILES string of the molecule is CC(C)(C)c1cc(CNc2ccc(-c3cc(COC(N)=O)on3)cc2)cc(C(C)(C)C)c1. The molecule has 3 rings (SSSR count). The maximum absolute atomic E-state index is 10.7. The molecule has 1 heterocycles. The number of primary amides is 1. The Morgan fingerprint density at radius 2 is 1.56 bits per heavy atom. The Morgan fingerprint density at radius 3 is 2.09 bits per heavy atom. The van der Waals surface area contributed by atoms with Crippen LogP contribution < -0.4 is 11.1 Å². The highest BCUT2D eigenvalue weighted by molar-refractivity contribution is 5.65. The molecule has 0 saturated heterocycles. The minimum absolute atomic E-state index is 0.0356. The Balaban J connectivity index is 1.71. The minimum atomic E-state index is -0.846. The van der Waals surface area contributed by atoms with Crippen LogP contribution in [0.5, 0.6) is 0 Å². The standard InChI is InChI=1S/C26H33N3O3/c1-25(2,3)19-11-17(12-20(13-19)26(4,5)6)15-28-21-9-7-18(8-10-21)23-14-22(32-29-23)16-31-24(27)30/h7-14,28H,15-16H2,1-6H3,(H2,27,30). The molecule has 0 aliphatic rings. The number of rotatable bonds is 6. The summed E-state index contributed by atoms with van der Waals surface area (Å²) >= 11 is 0. The zero-order chi connectivity index (χ0) is 23.5. The summed E-state index contributed by atoms with van der Waals surface area (Å²) in [5, 5.41) is 7.55. The number of hydrogen-bond donors (Lipinski definition) is 2. The molecule has 0 spiro atoms. The predicted molar refractivity (Wildman–Crippen MR) is 127 cm³/mol. The lowest BCUT2D eigenvalue weighted by Gasteiger charge is -2.26. The number of carbonyl (C=O) groups is 1. The molecule has 3 N–H and O–H groups in total. The van der Waals surface area contributed by atoms with Gasteiger partial charge >= 0.3 is 6.09 Å². The maximum Gasteiger partial charge on any atom is 0.404 e. The fraction of sp³-hybridized carbons (Fsp3) is 0.385. The first-order valence-corrected chi connectivity index (χ1v) is 10.8. The molecule has 32 heavy (non-hydrogen) atoms. The molecular formula is C26H33N3O3. The van der Waals surface area contributed by atoms with Crippen molar-refractivity contribution in [3.8, 4) is 11.3 Å². The summed E-state index contributed by atoms with van der Waals surface area (Å²) in [4.78, 5) is 10.7. The number of benzene rings is 2. The number of amides is 1. The number of nitrogens with two attached hydrogens (primary N) is 1. The summed E-state index contributed by atoms with van der Waals surface area (Å²) in [5.41, 5.74) is 11.7. The quantitative estimate of drug-likeness (QED) is 0.485. The number of anilines is 1. The van der Waals surface area contributed by atoms with Crippen molar-refractivity contribution in [2.75, 3.05) is 5.32 Å². The fourth-order valence-corrected chi connectivity index (χ4v) is 3.28. The van der Waals surface area contributed by atoms with Crippen LogP contribution in [0.15, 0.2) is 53.1 Å². The molecule has 0 radical (unpaired) electrons. The molecule has 0 unspecified atom stereocenters. The summed E-state index contributed by atoms with van der Waals surface area (Å²) in [6.45, 7) is 14.2. The molecule has 3 aromatic rings. The van der Waals surface area contributed by atoms with Gasteiger partial charge in [-0.2, -0.15) is 0 Å². The van der Waals surface area contributed by atoms with E-state index in [4.69, 9.17) is 15.0 Å². The summed E-state index contributed by atoms with van der Waals surface area (Å²) in [7, 11) is 0. The van der Waals surface area contributed by atoms with Crippen molar-refractivity contribution in [3.05, 3.63) is 71.0 Å². The molecular weight excluding hydrogens is 402 g/mol. The van der Waals surface area contributed by atoms with Crippen LogP contribution >= 0.6 is 0 Å². The number of hydrogen-bond acceptors (Lipinski definition) is 5. The van der Waals surface area contributed by atoms with Gasteiger partial charge in [0.25, 0.3) is 0 Å². The largest absolute Gasteiger partial charge is 0.441 e. The zero-order valence-corrected chi connectivity index (χ0v) is 19.8. The van der Waals surface area contributed by atoms with Gasteiger partial charge in [-0.15, -0.1) is 0 Å². The van der Waals surface area contributed by atoms with Crippen LogP contribution in [0.2, 0.25) is 0 Å². The van der Waals surface area contributed by atoms with Crippen LogP contribution in [0.1, 0.15) is 64.0 Å². The van der Waals surface area contributed by atoms with E-state index in [-0.39, 0.29) is 17.4 Å². The Hall–Kier alpha value is -3.28. The third-order valence-electron chi connectivity index (χ3n) is 5.32. The summed E-state index contributed by atoms with van der Waals surface area (Å²) in [5.74, 6) is 0.439. The van der Waals surface area contributed by atoms with E-state index >= 15 is 0 Å². The van der Waals surface area contributed by atoms with Crippen molar-refractivity contribution in [1.29, 1.82) is 0 Å². The Bertz CT molecular complexity index is 1040. The number of aromatic nitrogens is 1. The Morgan fingerprint density at radius 1 is 0.969 bits per heavy atom. The smallest absolute Gasteiger partial charge is 0.404 e. The molecule has 0 aliphatic carbocycles.